The Kier molecular flexibility index (Phi) is 2.99. The van der Waals surface area contributed by atoms with Crippen molar-refractivity contribution in [1.82, 2.24) is 4.98 Å². The second-order valence-electron chi connectivity index (χ2n) is 4.24. The van der Waals surface area contributed by atoms with Gasteiger partial charge in [0.25, 0.3) is 0 Å². The number of rotatable bonds is 4. The normalized spacial score (nSPS) is 17.9. The van der Waals surface area contributed by atoms with Crippen molar-refractivity contribution in [2.45, 2.75) is 25.6 Å². The van der Waals surface area contributed by atoms with Gasteiger partial charge in [-0.05, 0) is 18.9 Å². The fraction of sp³-hybridized carbons (Fsp3) is 0.545. The summed E-state index contributed by atoms with van der Waals surface area (Å²) < 4.78 is 43.1. The van der Waals surface area contributed by atoms with Gasteiger partial charge in [0.05, 0.1) is 0 Å². The Labute approximate surface area is 96.8 Å². The maximum absolute atomic E-state index is 12.7. The van der Waals surface area contributed by atoms with Crippen LogP contribution < -0.4 is 10.5 Å². The van der Waals surface area contributed by atoms with E-state index in [-0.39, 0.29) is 31.9 Å². The molecule has 17 heavy (non-hydrogen) atoms. The van der Waals surface area contributed by atoms with Crippen LogP contribution in [0.15, 0.2) is 18.3 Å². The van der Waals surface area contributed by atoms with Crippen LogP contribution in [0.1, 0.15) is 18.4 Å². The van der Waals surface area contributed by atoms with Gasteiger partial charge in [0.15, 0.2) is 0 Å². The van der Waals surface area contributed by atoms with Crippen molar-refractivity contribution in [2.75, 3.05) is 6.61 Å². The van der Waals surface area contributed by atoms with Gasteiger partial charge >= 0.3 is 6.18 Å². The number of ether oxygens (including phenoxy) is 1. The lowest BCUT2D eigenvalue weighted by molar-refractivity contribution is -0.194. The first-order chi connectivity index (χ1) is 7.98. The summed E-state index contributed by atoms with van der Waals surface area (Å²) >= 11 is 0. The zero-order valence-electron chi connectivity index (χ0n) is 9.13. The van der Waals surface area contributed by atoms with E-state index in [2.05, 4.69) is 4.98 Å². The molecule has 3 nitrogen and oxygen atoms in total. The molecule has 6 heteroatoms. The third-order valence-corrected chi connectivity index (χ3v) is 3.01. The minimum absolute atomic E-state index is 0.126. The maximum Gasteiger partial charge on any atom is 0.397 e. The van der Waals surface area contributed by atoms with Crippen molar-refractivity contribution in [3.8, 4) is 5.88 Å². The van der Waals surface area contributed by atoms with Gasteiger partial charge in [-0.1, -0.05) is 6.07 Å². The molecule has 2 N–H and O–H groups in total. The van der Waals surface area contributed by atoms with E-state index in [0.29, 0.717) is 5.56 Å². The molecule has 1 aliphatic carbocycles. The Morgan fingerprint density at radius 1 is 1.41 bits per heavy atom. The molecule has 1 aromatic rings. The Bertz CT molecular complexity index is 402. The second-order valence-corrected chi connectivity index (χ2v) is 4.24. The van der Waals surface area contributed by atoms with Crippen molar-refractivity contribution in [3.63, 3.8) is 0 Å². The van der Waals surface area contributed by atoms with E-state index < -0.39 is 11.6 Å². The molecule has 0 aliphatic heterocycles. The van der Waals surface area contributed by atoms with E-state index in [1.54, 1.807) is 12.1 Å². The highest BCUT2D eigenvalue weighted by molar-refractivity contribution is 5.25. The molecule has 0 spiro atoms. The Morgan fingerprint density at radius 2 is 2.12 bits per heavy atom. The van der Waals surface area contributed by atoms with Crippen molar-refractivity contribution < 1.29 is 17.9 Å². The van der Waals surface area contributed by atoms with Gasteiger partial charge < -0.3 is 10.5 Å². The molecule has 0 radical (unpaired) electrons. The Balaban J connectivity index is 2.03. The van der Waals surface area contributed by atoms with Gasteiger partial charge in [-0.25, -0.2) is 4.98 Å². The standard InChI is InChI=1S/C11H13F3N2O/c12-11(13,14)10(3-4-10)7-17-9-8(6-15)2-1-5-16-9/h1-2,5H,3-4,6-7,15H2. The highest BCUT2D eigenvalue weighted by atomic mass is 19.4. The van der Waals surface area contributed by atoms with Crippen LogP contribution in [0.2, 0.25) is 0 Å². The van der Waals surface area contributed by atoms with Crippen LogP contribution >= 0.6 is 0 Å². The lowest BCUT2D eigenvalue weighted by Crippen LogP contribution is -2.30. The Morgan fingerprint density at radius 3 is 2.65 bits per heavy atom. The second kappa shape index (κ2) is 4.18. The summed E-state index contributed by atoms with van der Waals surface area (Å²) in [5.74, 6) is 0.200. The topological polar surface area (TPSA) is 48.1 Å². The van der Waals surface area contributed by atoms with Crippen LogP contribution in [-0.2, 0) is 6.54 Å². The van der Waals surface area contributed by atoms with Gasteiger partial charge in [-0.15, -0.1) is 0 Å². The summed E-state index contributed by atoms with van der Waals surface area (Å²) in [4.78, 5) is 3.89. The van der Waals surface area contributed by atoms with Gasteiger partial charge in [-0.2, -0.15) is 13.2 Å². The fourth-order valence-electron chi connectivity index (χ4n) is 1.58. The number of alkyl halides is 3. The molecule has 94 valence electrons. The van der Waals surface area contributed by atoms with Crippen molar-refractivity contribution in [3.05, 3.63) is 23.9 Å². The van der Waals surface area contributed by atoms with E-state index in [1.807, 2.05) is 0 Å². The number of hydrogen-bond donors (Lipinski definition) is 1. The molecule has 0 aromatic carbocycles. The van der Waals surface area contributed by atoms with Crippen molar-refractivity contribution >= 4 is 0 Å². The van der Waals surface area contributed by atoms with Gasteiger partial charge in [0.2, 0.25) is 5.88 Å². The average Bonchev–Trinajstić information content (AvgIpc) is 3.07. The van der Waals surface area contributed by atoms with E-state index in [1.165, 1.54) is 6.20 Å². The summed E-state index contributed by atoms with van der Waals surface area (Å²) in [7, 11) is 0. The van der Waals surface area contributed by atoms with E-state index in [0.717, 1.165) is 0 Å². The summed E-state index contributed by atoms with van der Waals surface area (Å²) in [5.41, 5.74) is 4.40. The zero-order valence-corrected chi connectivity index (χ0v) is 9.13. The molecule has 1 aliphatic rings. The quantitative estimate of drug-likeness (QED) is 0.886. The van der Waals surface area contributed by atoms with E-state index in [9.17, 15) is 13.2 Å². The van der Waals surface area contributed by atoms with Crippen molar-refractivity contribution in [2.24, 2.45) is 11.1 Å². The van der Waals surface area contributed by atoms with Crippen LogP contribution in [0.3, 0.4) is 0 Å². The molecule has 1 aromatic heterocycles. The third kappa shape index (κ3) is 2.36. The lowest BCUT2D eigenvalue weighted by Gasteiger charge is -2.19. The van der Waals surface area contributed by atoms with Crippen LogP contribution in [0.5, 0.6) is 5.88 Å². The zero-order chi connectivity index (χ0) is 12.5. The van der Waals surface area contributed by atoms with Crippen molar-refractivity contribution in [1.29, 1.82) is 0 Å². The number of nitrogens with two attached hydrogens (primary N) is 1. The van der Waals surface area contributed by atoms with Gasteiger partial charge in [0, 0.05) is 18.3 Å². The Hall–Kier alpha value is -1.30. The summed E-state index contributed by atoms with van der Waals surface area (Å²) in [6.45, 7) is -0.178. The highest BCUT2D eigenvalue weighted by Crippen LogP contribution is 2.57. The highest BCUT2D eigenvalue weighted by Gasteiger charge is 2.63. The summed E-state index contributed by atoms with van der Waals surface area (Å²) in [6.07, 6.45) is -2.48. The number of nitrogens with zero attached hydrogens (tertiary/aromatic N) is 1. The van der Waals surface area contributed by atoms with Gasteiger partial charge in [-0.3, -0.25) is 0 Å². The minimum atomic E-state index is -4.20. The monoisotopic (exact) mass is 246 g/mol. The summed E-state index contributed by atoms with van der Waals surface area (Å²) in [6, 6.07) is 3.36. The molecule has 1 heterocycles. The molecule has 0 amide bonds. The largest absolute Gasteiger partial charge is 0.476 e. The number of halogens is 3. The molecular formula is C11H13F3N2O. The van der Waals surface area contributed by atoms with Crippen LogP contribution in [0, 0.1) is 5.41 Å². The third-order valence-electron chi connectivity index (χ3n) is 3.01. The molecule has 0 saturated heterocycles. The maximum atomic E-state index is 12.7. The molecular weight excluding hydrogens is 233 g/mol. The van der Waals surface area contributed by atoms with E-state index in [4.69, 9.17) is 10.5 Å². The smallest absolute Gasteiger partial charge is 0.397 e. The molecule has 0 bridgehead atoms. The molecule has 0 atom stereocenters. The molecule has 1 saturated carbocycles. The number of hydrogen-bond acceptors (Lipinski definition) is 3. The summed E-state index contributed by atoms with van der Waals surface area (Å²) in [5, 5.41) is 0. The van der Waals surface area contributed by atoms with Crippen LogP contribution in [-0.4, -0.2) is 17.8 Å². The predicted octanol–water partition coefficient (Wildman–Crippen LogP) is 2.26. The lowest BCUT2D eigenvalue weighted by atomic mass is 10.1. The number of pyridine rings is 1. The fourth-order valence-corrected chi connectivity index (χ4v) is 1.58. The predicted molar refractivity (Wildman–Crippen MR) is 55.3 cm³/mol. The molecule has 2 rings (SSSR count). The first kappa shape index (κ1) is 12.2. The van der Waals surface area contributed by atoms with E-state index >= 15 is 0 Å². The SMILES string of the molecule is NCc1cccnc1OCC1(C(F)(F)F)CC1. The number of aromatic nitrogens is 1. The van der Waals surface area contributed by atoms with Crippen LogP contribution in [0.25, 0.3) is 0 Å². The molecule has 0 unspecified atom stereocenters. The first-order valence-electron chi connectivity index (χ1n) is 5.32. The molecule has 1 fully saturated rings. The van der Waals surface area contributed by atoms with Crippen LogP contribution in [0.4, 0.5) is 13.2 Å². The first-order valence-corrected chi connectivity index (χ1v) is 5.32. The average molecular weight is 246 g/mol. The van der Waals surface area contributed by atoms with Gasteiger partial charge in [0.1, 0.15) is 12.0 Å². The minimum Gasteiger partial charge on any atom is -0.476 e.